The molecule has 1 aliphatic rings. The van der Waals surface area contributed by atoms with Crippen LogP contribution in [-0.4, -0.2) is 29.9 Å². The van der Waals surface area contributed by atoms with Gasteiger partial charge in [0.2, 0.25) is 0 Å². The van der Waals surface area contributed by atoms with Crippen LogP contribution in [0.3, 0.4) is 0 Å². The zero-order valence-corrected chi connectivity index (χ0v) is 10.2. The van der Waals surface area contributed by atoms with E-state index in [1.807, 2.05) is 6.92 Å². The number of nitrogens with one attached hydrogen (secondary N) is 1. The van der Waals surface area contributed by atoms with Crippen molar-refractivity contribution in [3.63, 3.8) is 0 Å². The third-order valence-corrected chi connectivity index (χ3v) is 5.18. The summed E-state index contributed by atoms with van der Waals surface area (Å²) in [7, 11) is -2.92. The molecule has 90 valence electrons. The van der Waals surface area contributed by atoms with Gasteiger partial charge >= 0.3 is 0 Å². The minimum atomic E-state index is -2.92. The van der Waals surface area contributed by atoms with Crippen LogP contribution in [0.1, 0.15) is 31.3 Å². The quantitative estimate of drug-likeness (QED) is 0.783. The minimum Gasteiger partial charge on any atom is -0.344 e. The summed E-state index contributed by atoms with van der Waals surface area (Å²) in [5.74, 6) is 1.21. The highest BCUT2D eigenvalue weighted by Gasteiger charge is 2.37. The van der Waals surface area contributed by atoms with E-state index >= 15 is 0 Å². The van der Waals surface area contributed by atoms with E-state index in [0.29, 0.717) is 18.1 Å². The van der Waals surface area contributed by atoms with Gasteiger partial charge in [0.25, 0.3) is 0 Å². The monoisotopic (exact) mass is 243 g/mol. The summed E-state index contributed by atoms with van der Waals surface area (Å²) in [5, 5.41) is 0. The zero-order chi connectivity index (χ0) is 11.8. The number of hydrogen-bond donors (Lipinski definition) is 2. The molecule has 5 nitrogen and oxygen atoms in total. The largest absolute Gasteiger partial charge is 0.344 e. The Balaban J connectivity index is 2.31. The Morgan fingerprint density at radius 2 is 2.38 bits per heavy atom. The second kappa shape index (κ2) is 3.85. The Labute approximate surface area is 95.4 Å². The lowest BCUT2D eigenvalue weighted by Crippen LogP contribution is -2.37. The second-order valence-corrected chi connectivity index (χ2v) is 6.89. The summed E-state index contributed by atoms with van der Waals surface area (Å²) < 4.78 is 23.3. The molecule has 1 fully saturated rings. The predicted molar refractivity (Wildman–Crippen MR) is 61.7 cm³/mol. The van der Waals surface area contributed by atoms with E-state index in [0.717, 1.165) is 18.5 Å². The van der Waals surface area contributed by atoms with Crippen LogP contribution in [0.4, 0.5) is 0 Å². The van der Waals surface area contributed by atoms with E-state index in [4.69, 9.17) is 5.73 Å². The van der Waals surface area contributed by atoms with Crippen LogP contribution in [0, 0.1) is 0 Å². The Hall–Kier alpha value is -0.880. The Kier molecular flexibility index (Phi) is 2.79. The number of imidazole rings is 1. The molecule has 0 aliphatic carbocycles. The molecule has 1 atom stereocenters. The van der Waals surface area contributed by atoms with Gasteiger partial charge in [-0.25, -0.2) is 13.4 Å². The van der Waals surface area contributed by atoms with Gasteiger partial charge in [0.1, 0.15) is 5.82 Å². The fraction of sp³-hybridized carbons (Fsp3) is 0.700. The van der Waals surface area contributed by atoms with Crippen molar-refractivity contribution in [3.8, 4) is 0 Å². The summed E-state index contributed by atoms with van der Waals surface area (Å²) in [6, 6.07) is 0. The highest BCUT2D eigenvalue weighted by molar-refractivity contribution is 7.91. The number of hydrogen-bond acceptors (Lipinski definition) is 4. The second-order valence-electron chi connectivity index (χ2n) is 4.70. The van der Waals surface area contributed by atoms with Gasteiger partial charge in [0.15, 0.2) is 9.84 Å². The lowest BCUT2D eigenvalue weighted by Gasteiger charge is -2.32. The van der Waals surface area contributed by atoms with Gasteiger partial charge in [-0.3, -0.25) is 0 Å². The number of H-pyrrole nitrogens is 1. The molecule has 6 heteroatoms. The first kappa shape index (κ1) is 11.6. The maximum Gasteiger partial charge on any atom is 0.151 e. The first-order chi connectivity index (χ1) is 7.45. The molecule has 1 aliphatic heterocycles. The third-order valence-electron chi connectivity index (χ3n) is 3.19. The fourth-order valence-corrected chi connectivity index (χ4v) is 4.30. The van der Waals surface area contributed by atoms with Crippen molar-refractivity contribution in [1.29, 1.82) is 0 Å². The molecular weight excluding hydrogens is 226 g/mol. The number of aromatic amines is 1. The Morgan fingerprint density at radius 1 is 1.62 bits per heavy atom. The van der Waals surface area contributed by atoms with Crippen LogP contribution in [0.25, 0.3) is 0 Å². The van der Waals surface area contributed by atoms with Gasteiger partial charge in [-0.2, -0.15) is 0 Å². The molecule has 0 saturated carbocycles. The normalized spacial score (nSPS) is 29.1. The topological polar surface area (TPSA) is 88.8 Å². The molecule has 0 spiro atoms. The molecule has 3 N–H and O–H groups in total. The smallest absolute Gasteiger partial charge is 0.151 e. The van der Waals surface area contributed by atoms with E-state index in [2.05, 4.69) is 9.97 Å². The maximum atomic E-state index is 11.7. The van der Waals surface area contributed by atoms with Crippen molar-refractivity contribution in [1.82, 2.24) is 9.97 Å². The predicted octanol–water partition coefficient (Wildman–Crippen LogP) is 0.335. The average molecular weight is 243 g/mol. The zero-order valence-electron chi connectivity index (χ0n) is 9.36. The van der Waals surface area contributed by atoms with Crippen molar-refractivity contribution in [2.75, 3.05) is 11.5 Å². The molecule has 0 radical (unpaired) electrons. The van der Waals surface area contributed by atoms with E-state index in [9.17, 15) is 8.42 Å². The van der Waals surface area contributed by atoms with Gasteiger partial charge in [-0.05, 0) is 12.8 Å². The van der Waals surface area contributed by atoms with Crippen LogP contribution >= 0.6 is 0 Å². The Bertz CT molecular complexity index is 480. The average Bonchev–Trinajstić information content (AvgIpc) is 2.64. The molecule has 2 rings (SSSR count). The number of nitrogens with zero attached hydrogens (tertiary/aromatic N) is 1. The van der Waals surface area contributed by atoms with Crippen molar-refractivity contribution in [2.24, 2.45) is 5.73 Å². The lowest BCUT2D eigenvalue weighted by atomic mass is 9.84. The van der Waals surface area contributed by atoms with E-state index in [1.165, 1.54) is 0 Å². The summed E-state index contributed by atoms with van der Waals surface area (Å²) in [6.07, 6.45) is 3.30. The summed E-state index contributed by atoms with van der Waals surface area (Å²) in [4.78, 5) is 7.24. The van der Waals surface area contributed by atoms with Crippen molar-refractivity contribution in [3.05, 3.63) is 17.7 Å². The van der Waals surface area contributed by atoms with Gasteiger partial charge in [-0.15, -0.1) is 0 Å². The van der Waals surface area contributed by atoms with Gasteiger partial charge in [0.05, 0.1) is 18.1 Å². The van der Waals surface area contributed by atoms with Crippen molar-refractivity contribution in [2.45, 2.75) is 31.7 Å². The number of sulfone groups is 1. The molecule has 16 heavy (non-hydrogen) atoms. The number of aromatic nitrogens is 2. The van der Waals surface area contributed by atoms with Crippen LogP contribution in [0.15, 0.2) is 6.20 Å². The van der Waals surface area contributed by atoms with Gasteiger partial charge in [-0.1, -0.05) is 6.92 Å². The standard InChI is InChI=1S/C10H17N3O2S/c1-10(3-2-4-16(14,15)7-10)8-6-12-9(5-11)13-8/h6H,2-5,7,11H2,1H3,(H,12,13). The minimum absolute atomic E-state index is 0.201. The molecule has 1 aromatic heterocycles. The highest BCUT2D eigenvalue weighted by Crippen LogP contribution is 2.33. The van der Waals surface area contributed by atoms with Crippen LogP contribution in [-0.2, 0) is 21.8 Å². The molecule has 0 aromatic carbocycles. The first-order valence-electron chi connectivity index (χ1n) is 5.40. The highest BCUT2D eigenvalue weighted by atomic mass is 32.2. The fourth-order valence-electron chi connectivity index (χ4n) is 2.30. The van der Waals surface area contributed by atoms with Crippen LogP contribution in [0.2, 0.25) is 0 Å². The summed E-state index contributed by atoms with van der Waals surface area (Å²) >= 11 is 0. The molecule has 2 heterocycles. The van der Waals surface area contributed by atoms with E-state index in [1.54, 1.807) is 6.20 Å². The van der Waals surface area contributed by atoms with Crippen molar-refractivity contribution < 1.29 is 8.42 Å². The SMILES string of the molecule is CC1(c2cnc(CN)[nH]2)CCCS(=O)(=O)C1. The molecule has 0 bridgehead atoms. The molecular formula is C10H17N3O2S. The molecule has 1 unspecified atom stereocenters. The first-order valence-corrected chi connectivity index (χ1v) is 7.22. The van der Waals surface area contributed by atoms with Crippen LogP contribution in [0.5, 0.6) is 0 Å². The third kappa shape index (κ3) is 2.12. The van der Waals surface area contributed by atoms with Crippen molar-refractivity contribution >= 4 is 9.84 Å². The van der Waals surface area contributed by atoms with Gasteiger partial charge < -0.3 is 10.7 Å². The summed E-state index contributed by atoms with van der Waals surface area (Å²) in [5.41, 5.74) is 6.03. The molecule has 0 amide bonds. The Morgan fingerprint density at radius 3 is 2.94 bits per heavy atom. The molecule has 1 aromatic rings. The molecule has 1 saturated heterocycles. The number of nitrogens with two attached hydrogens (primary N) is 1. The van der Waals surface area contributed by atoms with Gasteiger partial charge in [0, 0.05) is 17.3 Å². The summed E-state index contributed by atoms with van der Waals surface area (Å²) in [6.45, 7) is 2.32. The maximum absolute atomic E-state index is 11.7. The number of rotatable bonds is 2. The van der Waals surface area contributed by atoms with Crippen LogP contribution < -0.4 is 5.73 Å². The lowest BCUT2D eigenvalue weighted by molar-refractivity contribution is 0.435. The van der Waals surface area contributed by atoms with E-state index in [-0.39, 0.29) is 11.2 Å². The van der Waals surface area contributed by atoms with E-state index < -0.39 is 9.84 Å².